The summed E-state index contributed by atoms with van der Waals surface area (Å²) in [6.45, 7) is 1.86. The highest BCUT2D eigenvalue weighted by Gasteiger charge is 2.14. The summed E-state index contributed by atoms with van der Waals surface area (Å²) in [7, 11) is 0. The van der Waals surface area contributed by atoms with Crippen molar-refractivity contribution in [3.05, 3.63) is 47.6 Å². The van der Waals surface area contributed by atoms with Crippen molar-refractivity contribution in [3.8, 4) is 10.8 Å². The molecule has 0 aliphatic heterocycles. The molecule has 3 rings (SSSR count). The van der Waals surface area contributed by atoms with E-state index in [4.69, 9.17) is 4.42 Å². The molecule has 0 spiro atoms. The van der Waals surface area contributed by atoms with E-state index in [1.165, 1.54) is 29.9 Å². The van der Waals surface area contributed by atoms with Gasteiger partial charge in [0.15, 0.2) is 16.6 Å². The molecule has 0 aromatic carbocycles. The summed E-state index contributed by atoms with van der Waals surface area (Å²) < 4.78 is 5.47. The Balaban J connectivity index is 1.78. The minimum absolute atomic E-state index is 0.323. The molecule has 1 N–H and O–H groups in total. The zero-order valence-corrected chi connectivity index (χ0v) is 11.3. The fourth-order valence-electron chi connectivity index (χ4n) is 1.58. The van der Waals surface area contributed by atoms with Crippen LogP contribution in [0, 0.1) is 6.92 Å². The second kappa shape index (κ2) is 5.22. The van der Waals surface area contributed by atoms with Crippen LogP contribution in [0.4, 0.5) is 5.82 Å². The van der Waals surface area contributed by atoms with E-state index in [0.717, 1.165) is 5.76 Å². The number of rotatable bonds is 3. The predicted octanol–water partition coefficient (Wildman–Crippen LogP) is 2.75. The summed E-state index contributed by atoms with van der Waals surface area (Å²) in [5.74, 6) is 1.53. The molecule has 0 atom stereocenters. The lowest BCUT2D eigenvalue weighted by atomic mass is 10.4. The minimum Gasteiger partial charge on any atom is -0.459 e. The number of aromatic nitrogens is 3. The first kappa shape index (κ1) is 12.5. The first-order chi connectivity index (χ1) is 9.72. The normalized spacial score (nSPS) is 10.4. The number of nitrogens with one attached hydrogen (secondary N) is 1. The van der Waals surface area contributed by atoms with E-state index in [1.54, 1.807) is 5.38 Å². The van der Waals surface area contributed by atoms with Crippen LogP contribution < -0.4 is 5.32 Å². The van der Waals surface area contributed by atoms with Gasteiger partial charge in [-0.1, -0.05) is 0 Å². The third kappa shape index (κ3) is 2.57. The van der Waals surface area contributed by atoms with Crippen LogP contribution in [-0.2, 0) is 0 Å². The molecule has 0 bridgehead atoms. The Hall–Kier alpha value is -2.54. The summed E-state index contributed by atoms with van der Waals surface area (Å²) in [4.78, 5) is 24.1. The topological polar surface area (TPSA) is 80.9 Å². The number of thiazole rings is 1. The van der Waals surface area contributed by atoms with E-state index in [1.807, 2.05) is 19.1 Å². The molecule has 100 valence electrons. The van der Waals surface area contributed by atoms with Crippen molar-refractivity contribution in [1.82, 2.24) is 15.0 Å². The van der Waals surface area contributed by atoms with Crippen molar-refractivity contribution in [2.24, 2.45) is 0 Å². The number of nitrogens with zero attached hydrogens (tertiary/aromatic N) is 3. The summed E-state index contributed by atoms with van der Waals surface area (Å²) in [5.41, 5.74) is 0.324. The second-order valence-electron chi connectivity index (χ2n) is 3.99. The van der Waals surface area contributed by atoms with Gasteiger partial charge in [0.1, 0.15) is 11.5 Å². The number of anilines is 1. The van der Waals surface area contributed by atoms with Crippen molar-refractivity contribution >= 4 is 23.1 Å². The molecule has 3 aromatic heterocycles. The van der Waals surface area contributed by atoms with Gasteiger partial charge in [-0.25, -0.2) is 9.97 Å². The van der Waals surface area contributed by atoms with E-state index in [0.29, 0.717) is 22.3 Å². The molecule has 1 amide bonds. The number of hydrogen-bond donors (Lipinski definition) is 1. The third-order valence-electron chi connectivity index (χ3n) is 2.49. The number of furan rings is 1. The number of aryl methyl sites for hydroxylation is 1. The Morgan fingerprint density at radius 1 is 1.35 bits per heavy atom. The van der Waals surface area contributed by atoms with Crippen molar-refractivity contribution in [3.63, 3.8) is 0 Å². The molecule has 20 heavy (non-hydrogen) atoms. The van der Waals surface area contributed by atoms with Crippen LogP contribution >= 0.6 is 11.3 Å². The highest BCUT2D eigenvalue weighted by atomic mass is 32.1. The van der Waals surface area contributed by atoms with Crippen LogP contribution in [0.2, 0.25) is 0 Å². The van der Waals surface area contributed by atoms with Crippen LogP contribution in [0.25, 0.3) is 10.8 Å². The highest BCUT2D eigenvalue weighted by molar-refractivity contribution is 7.13. The van der Waals surface area contributed by atoms with Gasteiger partial charge in [-0.05, 0) is 19.1 Å². The third-order valence-corrected chi connectivity index (χ3v) is 3.35. The smallest absolute Gasteiger partial charge is 0.276 e. The summed E-state index contributed by atoms with van der Waals surface area (Å²) in [6.07, 6.45) is 4.52. The quantitative estimate of drug-likeness (QED) is 0.800. The van der Waals surface area contributed by atoms with Crippen LogP contribution in [-0.4, -0.2) is 20.9 Å². The lowest BCUT2D eigenvalue weighted by Gasteiger charge is -1.99. The van der Waals surface area contributed by atoms with E-state index < -0.39 is 0 Å². The van der Waals surface area contributed by atoms with Gasteiger partial charge in [-0.3, -0.25) is 9.78 Å². The Kier molecular flexibility index (Phi) is 3.26. The van der Waals surface area contributed by atoms with Gasteiger partial charge in [-0.2, -0.15) is 0 Å². The molecule has 3 heterocycles. The predicted molar refractivity (Wildman–Crippen MR) is 74.5 cm³/mol. The molecule has 0 fully saturated rings. The van der Waals surface area contributed by atoms with Crippen LogP contribution in [0.1, 0.15) is 16.2 Å². The zero-order valence-electron chi connectivity index (χ0n) is 10.5. The Bertz CT molecular complexity index is 736. The van der Waals surface area contributed by atoms with Gasteiger partial charge in [0.2, 0.25) is 0 Å². The van der Waals surface area contributed by atoms with E-state index in [2.05, 4.69) is 20.3 Å². The van der Waals surface area contributed by atoms with Gasteiger partial charge in [0.05, 0.1) is 6.20 Å². The van der Waals surface area contributed by atoms with Crippen LogP contribution in [0.15, 0.2) is 40.5 Å². The van der Waals surface area contributed by atoms with E-state index in [9.17, 15) is 4.79 Å². The minimum atomic E-state index is -0.323. The van der Waals surface area contributed by atoms with Gasteiger partial charge < -0.3 is 9.73 Å². The zero-order chi connectivity index (χ0) is 13.9. The molecule has 0 radical (unpaired) electrons. The van der Waals surface area contributed by atoms with E-state index >= 15 is 0 Å². The molecule has 0 aliphatic rings. The fourth-order valence-corrected chi connectivity index (χ4v) is 2.34. The van der Waals surface area contributed by atoms with E-state index in [-0.39, 0.29) is 5.91 Å². The summed E-state index contributed by atoms with van der Waals surface area (Å²) in [5, 5.41) is 4.98. The maximum Gasteiger partial charge on any atom is 0.276 e. The second-order valence-corrected chi connectivity index (χ2v) is 4.85. The molecule has 6 nitrogen and oxygen atoms in total. The standard InChI is InChI=1S/C13H10N4O2S/c1-8-2-3-10(19-8)13-16-9(7-20-13)12(18)17-11-6-14-4-5-15-11/h2-7H,1H3,(H,15,17,18). The lowest BCUT2D eigenvalue weighted by molar-refractivity contribution is 0.102. The molecule has 0 aliphatic carbocycles. The van der Waals surface area contributed by atoms with Crippen LogP contribution in [0.3, 0.4) is 0 Å². The number of carbonyl (C=O) groups excluding carboxylic acids is 1. The van der Waals surface area contributed by atoms with Crippen LogP contribution in [0.5, 0.6) is 0 Å². The van der Waals surface area contributed by atoms with Crippen molar-refractivity contribution in [2.45, 2.75) is 6.92 Å². The van der Waals surface area contributed by atoms with Gasteiger partial charge in [0, 0.05) is 17.8 Å². The highest BCUT2D eigenvalue weighted by Crippen LogP contribution is 2.25. The fraction of sp³-hybridized carbons (Fsp3) is 0.0769. The van der Waals surface area contributed by atoms with Gasteiger partial charge >= 0.3 is 0 Å². The monoisotopic (exact) mass is 286 g/mol. The summed E-state index contributed by atoms with van der Waals surface area (Å²) >= 11 is 1.35. The Morgan fingerprint density at radius 2 is 2.25 bits per heavy atom. The average Bonchev–Trinajstić information content (AvgIpc) is 3.08. The molecule has 3 aromatic rings. The van der Waals surface area contributed by atoms with Crippen molar-refractivity contribution < 1.29 is 9.21 Å². The van der Waals surface area contributed by atoms with Gasteiger partial charge in [0.25, 0.3) is 5.91 Å². The molecule has 0 unspecified atom stereocenters. The number of amides is 1. The maximum atomic E-state index is 12.0. The van der Waals surface area contributed by atoms with Crippen molar-refractivity contribution in [1.29, 1.82) is 0 Å². The largest absolute Gasteiger partial charge is 0.459 e. The number of carbonyl (C=O) groups is 1. The Labute approximate surface area is 118 Å². The molecular formula is C13H10N4O2S. The van der Waals surface area contributed by atoms with Crippen molar-refractivity contribution in [2.75, 3.05) is 5.32 Å². The molecule has 7 heteroatoms. The SMILES string of the molecule is Cc1ccc(-c2nc(C(=O)Nc3cnccn3)cs2)o1. The average molecular weight is 286 g/mol. The molecule has 0 saturated carbocycles. The first-order valence-electron chi connectivity index (χ1n) is 5.82. The first-order valence-corrected chi connectivity index (χ1v) is 6.70. The summed E-state index contributed by atoms with van der Waals surface area (Å²) in [6, 6.07) is 3.69. The molecular weight excluding hydrogens is 276 g/mol. The van der Waals surface area contributed by atoms with Gasteiger partial charge in [-0.15, -0.1) is 11.3 Å². The number of hydrogen-bond acceptors (Lipinski definition) is 6. The maximum absolute atomic E-state index is 12.0. The Morgan fingerprint density at radius 3 is 2.95 bits per heavy atom. The lowest BCUT2D eigenvalue weighted by Crippen LogP contribution is -2.13. The molecule has 0 saturated heterocycles.